The SMILES string of the molecule is CCSCCOC(=O)C1=C(C)NC2=C(C(=O)CCC2)[C@@H]1c1ccc(OCCO)c(OC)c1. The lowest BCUT2D eigenvalue weighted by atomic mass is 9.75. The molecule has 2 aliphatic rings. The maximum atomic E-state index is 13.2. The van der Waals surface area contributed by atoms with Crippen molar-refractivity contribution in [2.75, 3.05) is 38.4 Å². The molecule has 0 aromatic heterocycles. The van der Waals surface area contributed by atoms with E-state index in [9.17, 15) is 9.59 Å². The standard InChI is InChI=1S/C24H31NO6S/c1-4-32-13-12-31-24(28)21-15(2)25-17-6-5-7-18(27)23(17)22(21)16-8-9-19(30-11-10-26)20(14-16)29-3/h8-9,14,22,25-26H,4-7,10-13H2,1-3H3/t22-/m1/s1. The molecular formula is C24H31NO6S. The maximum Gasteiger partial charge on any atom is 0.336 e. The zero-order valence-corrected chi connectivity index (χ0v) is 19.7. The van der Waals surface area contributed by atoms with Gasteiger partial charge < -0.3 is 24.6 Å². The second kappa shape index (κ2) is 11.4. The van der Waals surface area contributed by atoms with Crippen molar-refractivity contribution in [3.05, 3.63) is 46.3 Å². The minimum Gasteiger partial charge on any atom is -0.493 e. The molecule has 0 radical (unpaired) electrons. The van der Waals surface area contributed by atoms with E-state index in [2.05, 4.69) is 12.2 Å². The van der Waals surface area contributed by atoms with E-state index in [4.69, 9.17) is 19.3 Å². The lowest BCUT2D eigenvalue weighted by molar-refractivity contribution is -0.138. The summed E-state index contributed by atoms with van der Waals surface area (Å²) in [5.74, 6) is 1.74. The van der Waals surface area contributed by atoms with Crippen LogP contribution in [0.2, 0.25) is 0 Å². The number of ketones is 1. The Morgan fingerprint density at radius 1 is 1.25 bits per heavy atom. The average Bonchev–Trinajstić information content (AvgIpc) is 2.79. The van der Waals surface area contributed by atoms with Gasteiger partial charge in [-0.15, -0.1) is 0 Å². The van der Waals surface area contributed by atoms with Gasteiger partial charge in [0.05, 0.1) is 19.3 Å². The minimum absolute atomic E-state index is 0.0441. The van der Waals surface area contributed by atoms with Gasteiger partial charge in [-0.3, -0.25) is 4.79 Å². The van der Waals surface area contributed by atoms with Crippen LogP contribution in [0.1, 0.15) is 44.6 Å². The summed E-state index contributed by atoms with van der Waals surface area (Å²) >= 11 is 1.71. The Bertz CT molecular complexity index is 923. The van der Waals surface area contributed by atoms with Gasteiger partial charge in [0.25, 0.3) is 0 Å². The minimum atomic E-state index is -0.536. The predicted octanol–water partition coefficient (Wildman–Crippen LogP) is 3.33. The molecule has 3 rings (SSSR count). The van der Waals surface area contributed by atoms with E-state index in [0.29, 0.717) is 41.4 Å². The zero-order chi connectivity index (χ0) is 23.1. The van der Waals surface area contributed by atoms with Gasteiger partial charge in [-0.25, -0.2) is 4.79 Å². The Hall–Kier alpha value is -2.45. The number of esters is 1. The van der Waals surface area contributed by atoms with E-state index < -0.39 is 11.9 Å². The van der Waals surface area contributed by atoms with E-state index in [0.717, 1.165) is 35.6 Å². The third-order valence-corrected chi connectivity index (χ3v) is 6.39. The largest absolute Gasteiger partial charge is 0.493 e. The summed E-state index contributed by atoms with van der Waals surface area (Å²) in [5, 5.41) is 12.4. The first-order chi connectivity index (χ1) is 15.5. The van der Waals surface area contributed by atoms with Gasteiger partial charge in [0.2, 0.25) is 0 Å². The second-order valence-electron chi connectivity index (χ2n) is 7.58. The van der Waals surface area contributed by atoms with Crippen molar-refractivity contribution in [2.45, 2.75) is 39.0 Å². The first-order valence-corrected chi connectivity index (χ1v) is 12.1. The highest BCUT2D eigenvalue weighted by atomic mass is 32.2. The van der Waals surface area contributed by atoms with Crippen LogP contribution in [0.4, 0.5) is 0 Å². The van der Waals surface area contributed by atoms with E-state index in [1.807, 2.05) is 13.0 Å². The Morgan fingerprint density at radius 2 is 2.06 bits per heavy atom. The highest BCUT2D eigenvalue weighted by Crippen LogP contribution is 2.44. The summed E-state index contributed by atoms with van der Waals surface area (Å²) in [6.07, 6.45) is 2.01. The molecule has 8 heteroatoms. The summed E-state index contributed by atoms with van der Waals surface area (Å²) < 4.78 is 16.6. The molecule has 1 heterocycles. The number of Topliss-reactive ketones (excluding diaryl/α,β-unsaturated/α-hetero) is 1. The summed E-state index contributed by atoms with van der Waals surface area (Å²) in [5.41, 5.74) is 3.42. The molecule has 0 spiro atoms. The number of carbonyl (C=O) groups excluding carboxylic acids is 2. The van der Waals surface area contributed by atoms with Crippen molar-refractivity contribution in [1.29, 1.82) is 0 Å². The number of benzene rings is 1. The summed E-state index contributed by atoms with van der Waals surface area (Å²) in [6.45, 7) is 4.26. The molecule has 32 heavy (non-hydrogen) atoms. The third-order valence-electron chi connectivity index (χ3n) is 5.53. The van der Waals surface area contributed by atoms with Gasteiger partial charge >= 0.3 is 5.97 Å². The van der Waals surface area contributed by atoms with Crippen molar-refractivity contribution < 1.29 is 28.9 Å². The van der Waals surface area contributed by atoms with Crippen LogP contribution in [0.5, 0.6) is 11.5 Å². The topological polar surface area (TPSA) is 94.1 Å². The molecule has 0 amide bonds. The molecule has 7 nitrogen and oxygen atoms in total. The smallest absolute Gasteiger partial charge is 0.336 e. The van der Waals surface area contributed by atoms with Crippen LogP contribution in [-0.4, -0.2) is 55.3 Å². The lowest BCUT2D eigenvalue weighted by Crippen LogP contribution is -2.34. The number of aliphatic hydroxyl groups excluding tert-OH is 1. The summed E-state index contributed by atoms with van der Waals surface area (Å²) in [6, 6.07) is 5.38. The number of thioether (sulfide) groups is 1. The van der Waals surface area contributed by atoms with Gasteiger partial charge in [0, 0.05) is 35.1 Å². The van der Waals surface area contributed by atoms with Crippen molar-refractivity contribution >= 4 is 23.5 Å². The molecule has 0 fully saturated rings. The van der Waals surface area contributed by atoms with Crippen molar-refractivity contribution in [3.63, 3.8) is 0 Å². The number of aliphatic hydroxyl groups is 1. The molecule has 0 unspecified atom stereocenters. The molecule has 2 N–H and O–H groups in total. The molecule has 1 aliphatic carbocycles. The highest BCUT2D eigenvalue weighted by Gasteiger charge is 2.39. The van der Waals surface area contributed by atoms with Gasteiger partial charge in [0.15, 0.2) is 17.3 Å². The molecular weight excluding hydrogens is 430 g/mol. The van der Waals surface area contributed by atoms with E-state index in [1.54, 1.807) is 23.9 Å². The summed E-state index contributed by atoms with van der Waals surface area (Å²) in [7, 11) is 1.53. The molecule has 0 saturated heterocycles. The Balaban J connectivity index is 2.01. The number of hydrogen-bond acceptors (Lipinski definition) is 8. The number of allylic oxidation sites excluding steroid dienone is 3. The second-order valence-corrected chi connectivity index (χ2v) is 8.97. The number of dihydropyridines is 1. The third kappa shape index (κ3) is 5.30. The Kier molecular flexibility index (Phi) is 8.64. The first kappa shape index (κ1) is 24.2. The quantitative estimate of drug-likeness (QED) is 0.405. The van der Waals surface area contributed by atoms with Crippen LogP contribution >= 0.6 is 11.8 Å². The van der Waals surface area contributed by atoms with Gasteiger partial charge in [-0.05, 0) is 43.2 Å². The molecule has 0 bridgehead atoms. The fourth-order valence-corrected chi connectivity index (χ4v) is 4.63. The molecule has 174 valence electrons. The molecule has 0 saturated carbocycles. The van der Waals surface area contributed by atoms with Crippen LogP contribution in [0.15, 0.2) is 40.7 Å². The number of carbonyl (C=O) groups is 2. The lowest BCUT2D eigenvalue weighted by Gasteiger charge is -2.34. The molecule has 1 aromatic carbocycles. The number of methoxy groups -OCH3 is 1. The molecule has 1 atom stereocenters. The van der Waals surface area contributed by atoms with Gasteiger partial charge in [-0.1, -0.05) is 13.0 Å². The van der Waals surface area contributed by atoms with Crippen LogP contribution in [0.25, 0.3) is 0 Å². The molecule has 1 aromatic rings. The Morgan fingerprint density at radius 3 is 2.78 bits per heavy atom. The van der Waals surface area contributed by atoms with Crippen molar-refractivity contribution in [3.8, 4) is 11.5 Å². The van der Waals surface area contributed by atoms with E-state index >= 15 is 0 Å². The predicted molar refractivity (Wildman–Crippen MR) is 124 cm³/mol. The number of nitrogens with one attached hydrogen (secondary N) is 1. The molecule has 1 aliphatic heterocycles. The van der Waals surface area contributed by atoms with Crippen molar-refractivity contribution in [2.24, 2.45) is 0 Å². The van der Waals surface area contributed by atoms with E-state index in [-0.39, 0.29) is 19.0 Å². The fraction of sp³-hybridized carbons (Fsp3) is 0.500. The zero-order valence-electron chi connectivity index (χ0n) is 18.9. The first-order valence-electron chi connectivity index (χ1n) is 10.9. The van der Waals surface area contributed by atoms with Crippen LogP contribution in [0.3, 0.4) is 0 Å². The van der Waals surface area contributed by atoms with Crippen LogP contribution in [0, 0.1) is 0 Å². The monoisotopic (exact) mass is 461 g/mol. The number of hydrogen-bond donors (Lipinski definition) is 2. The normalized spacial score (nSPS) is 18.2. The average molecular weight is 462 g/mol. The highest BCUT2D eigenvalue weighted by molar-refractivity contribution is 7.99. The maximum absolute atomic E-state index is 13.2. The Labute approximate surface area is 193 Å². The van der Waals surface area contributed by atoms with Crippen LogP contribution < -0.4 is 14.8 Å². The van der Waals surface area contributed by atoms with Crippen molar-refractivity contribution in [1.82, 2.24) is 5.32 Å². The van der Waals surface area contributed by atoms with Gasteiger partial charge in [0.1, 0.15) is 13.2 Å². The number of rotatable bonds is 10. The fourth-order valence-electron chi connectivity index (χ4n) is 4.14. The summed E-state index contributed by atoms with van der Waals surface area (Å²) in [4.78, 5) is 26.1. The van der Waals surface area contributed by atoms with Gasteiger partial charge in [-0.2, -0.15) is 11.8 Å². The van der Waals surface area contributed by atoms with Crippen LogP contribution in [-0.2, 0) is 14.3 Å². The van der Waals surface area contributed by atoms with E-state index in [1.165, 1.54) is 7.11 Å². The number of ether oxygens (including phenoxy) is 3.